The lowest BCUT2D eigenvalue weighted by atomic mass is 10.0. The quantitative estimate of drug-likeness (QED) is 0.806. The van der Waals surface area contributed by atoms with E-state index in [4.69, 9.17) is 9.47 Å². The maximum Gasteiger partial charge on any atom is 0.254 e. The van der Waals surface area contributed by atoms with Crippen LogP contribution in [0.2, 0.25) is 0 Å². The third kappa shape index (κ3) is 5.17. The van der Waals surface area contributed by atoms with Gasteiger partial charge in [0.2, 0.25) is 0 Å². The minimum atomic E-state index is -0.106. The Hall–Kier alpha value is -2.67. The largest absolute Gasteiger partial charge is 0.493 e. The van der Waals surface area contributed by atoms with Gasteiger partial charge in [-0.1, -0.05) is 6.07 Å². The van der Waals surface area contributed by atoms with E-state index in [0.717, 1.165) is 44.0 Å². The Balaban J connectivity index is 1.51. The molecule has 1 saturated heterocycles. The Labute approximate surface area is 159 Å². The van der Waals surface area contributed by atoms with Crippen LogP contribution in [0.25, 0.3) is 0 Å². The molecule has 3 rings (SSSR count). The van der Waals surface area contributed by atoms with E-state index in [2.05, 4.69) is 26.3 Å². The molecular weight excluding hydrogens is 344 g/mol. The number of ether oxygens (including phenoxy) is 2. The minimum Gasteiger partial charge on any atom is -0.493 e. The number of aromatic nitrogens is 2. The van der Waals surface area contributed by atoms with Crippen LogP contribution in [0, 0.1) is 0 Å². The van der Waals surface area contributed by atoms with E-state index in [-0.39, 0.29) is 11.9 Å². The summed E-state index contributed by atoms with van der Waals surface area (Å²) in [4.78, 5) is 22.4. The van der Waals surface area contributed by atoms with Crippen molar-refractivity contribution >= 4 is 5.91 Å². The third-order valence-corrected chi connectivity index (χ3v) is 4.68. The molecule has 144 valence electrons. The molecule has 0 spiro atoms. The van der Waals surface area contributed by atoms with Crippen LogP contribution >= 0.6 is 0 Å². The van der Waals surface area contributed by atoms with Crippen LogP contribution in [0.5, 0.6) is 11.5 Å². The lowest BCUT2D eigenvalue weighted by Crippen LogP contribution is -2.44. The van der Waals surface area contributed by atoms with Crippen molar-refractivity contribution in [3.05, 3.63) is 48.0 Å². The number of carbonyl (C=O) groups is 1. The van der Waals surface area contributed by atoms with Crippen LogP contribution in [0.15, 0.2) is 36.9 Å². The molecule has 27 heavy (non-hydrogen) atoms. The van der Waals surface area contributed by atoms with E-state index in [0.29, 0.717) is 12.2 Å². The van der Waals surface area contributed by atoms with Gasteiger partial charge < -0.3 is 14.8 Å². The van der Waals surface area contributed by atoms with Crippen LogP contribution < -0.4 is 14.8 Å². The Morgan fingerprint density at radius 2 is 1.96 bits per heavy atom. The maximum absolute atomic E-state index is 12.2. The van der Waals surface area contributed by atoms with Gasteiger partial charge in [-0.15, -0.1) is 0 Å². The van der Waals surface area contributed by atoms with E-state index in [1.165, 1.54) is 24.3 Å². The second kappa shape index (κ2) is 9.32. The van der Waals surface area contributed by atoms with E-state index < -0.39 is 0 Å². The first kappa shape index (κ1) is 19.1. The summed E-state index contributed by atoms with van der Waals surface area (Å²) in [5.41, 5.74) is 1.70. The Morgan fingerprint density at radius 3 is 2.63 bits per heavy atom. The van der Waals surface area contributed by atoms with Crippen molar-refractivity contribution in [1.29, 1.82) is 0 Å². The van der Waals surface area contributed by atoms with Gasteiger partial charge in [0, 0.05) is 38.1 Å². The molecule has 0 bridgehead atoms. The van der Waals surface area contributed by atoms with Gasteiger partial charge in [-0.2, -0.15) is 0 Å². The molecule has 0 unspecified atom stereocenters. The highest BCUT2D eigenvalue weighted by atomic mass is 16.5. The molecule has 0 radical (unpaired) electrons. The topological polar surface area (TPSA) is 76.6 Å². The van der Waals surface area contributed by atoms with E-state index in [1.54, 1.807) is 7.11 Å². The van der Waals surface area contributed by atoms with Gasteiger partial charge in [0.05, 0.1) is 19.3 Å². The zero-order valence-electron chi connectivity index (χ0n) is 15.9. The number of methoxy groups -OCH3 is 1. The number of hydrogen-bond donors (Lipinski definition) is 1. The molecule has 1 aromatic heterocycles. The Morgan fingerprint density at radius 1 is 1.22 bits per heavy atom. The van der Waals surface area contributed by atoms with E-state index in [9.17, 15) is 4.79 Å². The fraction of sp³-hybridized carbons (Fsp3) is 0.450. The fourth-order valence-electron chi connectivity index (χ4n) is 3.27. The number of hydrogen-bond acceptors (Lipinski definition) is 6. The normalized spacial score (nSPS) is 15.3. The van der Waals surface area contributed by atoms with Crippen LogP contribution in [0.3, 0.4) is 0 Å². The summed E-state index contributed by atoms with van der Waals surface area (Å²) in [7, 11) is 1.65. The smallest absolute Gasteiger partial charge is 0.254 e. The third-order valence-electron chi connectivity index (χ3n) is 4.68. The molecular formula is C20H26N4O3. The summed E-state index contributed by atoms with van der Waals surface area (Å²) in [5.74, 6) is 1.43. The summed E-state index contributed by atoms with van der Waals surface area (Å²) in [6.07, 6.45) is 6.35. The zero-order chi connectivity index (χ0) is 19.1. The average Bonchev–Trinajstić information content (AvgIpc) is 2.71. The molecule has 1 aliphatic rings. The predicted octanol–water partition coefficient (Wildman–Crippen LogP) is 2.28. The van der Waals surface area contributed by atoms with Gasteiger partial charge in [-0.25, -0.2) is 9.97 Å². The van der Waals surface area contributed by atoms with Crippen molar-refractivity contribution in [2.45, 2.75) is 32.4 Å². The average molecular weight is 370 g/mol. The molecule has 7 nitrogen and oxygen atoms in total. The van der Waals surface area contributed by atoms with Gasteiger partial charge in [0.15, 0.2) is 11.5 Å². The molecule has 0 saturated carbocycles. The Kier molecular flexibility index (Phi) is 6.59. The first-order chi connectivity index (χ1) is 13.2. The van der Waals surface area contributed by atoms with Gasteiger partial charge in [-0.05, 0) is 37.5 Å². The maximum atomic E-state index is 12.2. The second-order valence-corrected chi connectivity index (χ2v) is 6.57. The van der Waals surface area contributed by atoms with Gasteiger partial charge in [0.1, 0.15) is 6.33 Å². The lowest BCUT2D eigenvalue weighted by Gasteiger charge is -2.32. The molecule has 7 heteroatoms. The lowest BCUT2D eigenvalue weighted by molar-refractivity contribution is 0.0908. The highest BCUT2D eigenvalue weighted by Crippen LogP contribution is 2.29. The van der Waals surface area contributed by atoms with Crippen molar-refractivity contribution in [2.75, 3.05) is 26.8 Å². The minimum absolute atomic E-state index is 0.106. The number of piperidine rings is 1. The summed E-state index contributed by atoms with van der Waals surface area (Å²) < 4.78 is 11.0. The first-order valence-electron chi connectivity index (χ1n) is 9.27. The number of amides is 1. The van der Waals surface area contributed by atoms with Crippen LogP contribution in [0.1, 0.15) is 35.7 Å². The van der Waals surface area contributed by atoms with Crippen LogP contribution in [-0.2, 0) is 6.54 Å². The molecule has 1 amide bonds. The molecule has 0 aliphatic carbocycles. The van der Waals surface area contributed by atoms with Crippen LogP contribution in [0.4, 0.5) is 0 Å². The number of rotatable bonds is 7. The van der Waals surface area contributed by atoms with E-state index in [1.807, 2.05) is 19.1 Å². The zero-order valence-corrected chi connectivity index (χ0v) is 15.9. The summed E-state index contributed by atoms with van der Waals surface area (Å²) in [6.45, 7) is 5.31. The SMILES string of the molecule is CCOc1cc(CN2CCC(NC(=O)c3cncnc3)CC2)ccc1OC. The predicted molar refractivity (Wildman–Crippen MR) is 102 cm³/mol. The number of nitrogens with zero attached hydrogens (tertiary/aromatic N) is 3. The summed E-state index contributed by atoms with van der Waals surface area (Å²) in [6, 6.07) is 6.26. The highest BCUT2D eigenvalue weighted by Gasteiger charge is 2.21. The van der Waals surface area contributed by atoms with Gasteiger partial charge in [-0.3, -0.25) is 9.69 Å². The molecule has 1 aromatic carbocycles. The van der Waals surface area contributed by atoms with Crippen molar-refractivity contribution in [2.24, 2.45) is 0 Å². The van der Waals surface area contributed by atoms with Crippen LogP contribution in [-0.4, -0.2) is 53.6 Å². The first-order valence-corrected chi connectivity index (χ1v) is 9.27. The van der Waals surface area contributed by atoms with Crippen molar-refractivity contribution in [3.63, 3.8) is 0 Å². The standard InChI is InChI=1S/C20H26N4O3/c1-3-27-19-10-15(4-5-18(19)26-2)13-24-8-6-17(7-9-24)23-20(25)16-11-21-14-22-12-16/h4-5,10-12,14,17H,3,6-9,13H2,1-2H3,(H,23,25). The fourth-order valence-corrected chi connectivity index (χ4v) is 3.27. The van der Waals surface area contributed by atoms with Gasteiger partial charge >= 0.3 is 0 Å². The molecule has 1 aliphatic heterocycles. The van der Waals surface area contributed by atoms with Crippen molar-refractivity contribution in [1.82, 2.24) is 20.2 Å². The number of benzene rings is 1. The number of nitrogens with one attached hydrogen (secondary N) is 1. The summed E-state index contributed by atoms with van der Waals surface area (Å²) in [5, 5.41) is 3.08. The Bertz CT molecular complexity index is 746. The number of carbonyl (C=O) groups excluding carboxylic acids is 1. The molecule has 1 fully saturated rings. The molecule has 2 heterocycles. The molecule has 0 atom stereocenters. The summed E-state index contributed by atoms with van der Waals surface area (Å²) >= 11 is 0. The van der Waals surface area contributed by atoms with Gasteiger partial charge in [0.25, 0.3) is 5.91 Å². The molecule has 2 aromatic rings. The van der Waals surface area contributed by atoms with Crippen molar-refractivity contribution in [3.8, 4) is 11.5 Å². The van der Waals surface area contributed by atoms with E-state index >= 15 is 0 Å². The molecule has 1 N–H and O–H groups in total. The van der Waals surface area contributed by atoms with Crippen molar-refractivity contribution < 1.29 is 14.3 Å². The highest BCUT2D eigenvalue weighted by molar-refractivity contribution is 5.93. The monoisotopic (exact) mass is 370 g/mol. The number of likely N-dealkylation sites (tertiary alicyclic amines) is 1. The second-order valence-electron chi connectivity index (χ2n) is 6.57.